The highest BCUT2D eigenvalue weighted by Gasteiger charge is 2.35. The van der Waals surface area contributed by atoms with E-state index >= 15 is 0 Å². The minimum atomic E-state index is -2.04. The topological polar surface area (TPSA) is 127 Å². The fourth-order valence-electron chi connectivity index (χ4n) is 2.10. The lowest BCUT2D eigenvalue weighted by molar-refractivity contribution is -0.394. The van der Waals surface area contributed by atoms with E-state index in [1.165, 1.54) is 0 Å². The van der Waals surface area contributed by atoms with Gasteiger partial charge in [-0.2, -0.15) is 0 Å². The van der Waals surface area contributed by atoms with Gasteiger partial charge in [0, 0.05) is 16.8 Å². The second kappa shape index (κ2) is 8.78. The molecule has 0 spiro atoms. The fraction of sp³-hybridized carbons (Fsp3) is 0.133. The van der Waals surface area contributed by atoms with Crippen molar-refractivity contribution in [2.75, 3.05) is 5.32 Å². The standard InChI is InChI=1S/C15H10Cl4N4O5/c16-8-1-3-9(4-2-8)20-14(15(17,18)19)21-13(24)11-6-5-10(22(25)26)7-12(11)23(27)28/h1-7,14,20H,(H,21,24). The Balaban J connectivity index is 2.32. The van der Waals surface area contributed by atoms with Crippen LogP contribution in [0, 0.1) is 20.2 Å². The van der Waals surface area contributed by atoms with Crippen molar-refractivity contribution in [2.24, 2.45) is 0 Å². The molecule has 28 heavy (non-hydrogen) atoms. The molecule has 9 nitrogen and oxygen atoms in total. The van der Waals surface area contributed by atoms with Crippen LogP contribution in [-0.2, 0) is 0 Å². The zero-order valence-electron chi connectivity index (χ0n) is 13.6. The van der Waals surface area contributed by atoms with E-state index in [9.17, 15) is 25.0 Å². The first kappa shape index (κ1) is 22.0. The molecule has 0 bridgehead atoms. The molecule has 13 heteroatoms. The third kappa shape index (κ3) is 5.59. The fourth-order valence-corrected chi connectivity index (χ4v) is 2.55. The molecule has 0 heterocycles. The van der Waals surface area contributed by atoms with Crippen LogP contribution in [0.2, 0.25) is 5.02 Å². The summed E-state index contributed by atoms with van der Waals surface area (Å²) >= 11 is 23.5. The van der Waals surface area contributed by atoms with E-state index in [2.05, 4.69) is 10.6 Å². The van der Waals surface area contributed by atoms with Gasteiger partial charge in [0.2, 0.25) is 3.79 Å². The third-order valence-electron chi connectivity index (χ3n) is 3.39. The second-order valence-corrected chi connectivity index (χ2v) is 8.12. The van der Waals surface area contributed by atoms with Crippen molar-refractivity contribution >= 4 is 69.4 Å². The largest absolute Gasteiger partial charge is 0.362 e. The first-order valence-corrected chi connectivity index (χ1v) is 8.82. The van der Waals surface area contributed by atoms with Crippen molar-refractivity contribution in [1.82, 2.24) is 5.32 Å². The van der Waals surface area contributed by atoms with Gasteiger partial charge in [-0.25, -0.2) is 0 Å². The maximum absolute atomic E-state index is 12.5. The Hall–Kier alpha value is -2.33. The van der Waals surface area contributed by atoms with Crippen LogP contribution < -0.4 is 10.6 Å². The summed E-state index contributed by atoms with van der Waals surface area (Å²) in [4.78, 5) is 32.8. The molecular weight excluding hydrogens is 458 g/mol. The highest BCUT2D eigenvalue weighted by atomic mass is 35.6. The third-order valence-corrected chi connectivity index (χ3v) is 4.30. The maximum Gasteiger partial charge on any atom is 0.289 e. The van der Waals surface area contributed by atoms with E-state index in [1.54, 1.807) is 24.3 Å². The number of nitro groups is 2. The molecule has 1 amide bonds. The van der Waals surface area contributed by atoms with Gasteiger partial charge < -0.3 is 10.6 Å². The number of nitrogens with one attached hydrogen (secondary N) is 2. The van der Waals surface area contributed by atoms with Crippen LogP contribution >= 0.6 is 46.4 Å². The van der Waals surface area contributed by atoms with Crippen molar-refractivity contribution in [3.8, 4) is 0 Å². The van der Waals surface area contributed by atoms with Gasteiger partial charge in [0.1, 0.15) is 11.7 Å². The molecule has 0 aromatic heterocycles. The number of non-ortho nitro benzene ring substituents is 1. The molecule has 1 unspecified atom stereocenters. The van der Waals surface area contributed by atoms with Crippen LogP contribution in [0.3, 0.4) is 0 Å². The lowest BCUT2D eigenvalue weighted by Crippen LogP contribution is -2.49. The monoisotopic (exact) mass is 466 g/mol. The SMILES string of the molecule is O=C(NC(Nc1ccc(Cl)cc1)C(Cl)(Cl)Cl)c1ccc([N+](=O)[O-])cc1[N+](=O)[O-]. The minimum absolute atomic E-state index is 0.437. The highest BCUT2D eigenvalue weighted by molar-refractivity contribution is 6.68. The molecule has 2 rings (SSSR count). The van der Waals surface area contributed by atoms with Crippen molar-refractivity contribution in [3.05, 3.63) is 73.3 Å². The Labute approximate surface area is 177 Å². The molecule has 0 saturated heterocycles. The Kier molecular flexibility index (Phi) is 6.89. The quantitative estimate of drug-likeness (QED) is 0.274. The average molecular weight is 468 g/mol. The van der Waals surface area contributed by atoms with E-state index in [4.69, 9.17) is 46.4 Å². The predicted molar refractivity (Wildman–Crippen MR) is 106 cm³/mol. The summed E-state index contributed by atoms with van der Waals surface area (Å²) in [6.45, 7) is 0. The predicted octanol–water partition coefficient (Wildman–Crippen LogP) is 4.69. The van der Waals surface area contributed by atoms with E-state index in [0.717, 1.165) is 12.1 Å². The number of carbonyl (C=O) groups is 1. The first-order chi connectivity index (χ1) is 13.0. The molecule has 0 aliphatic carbocycles. The van der Waals surface area contributed by atoms with Gasteiger partial charge in [0.05, 0.1) is 15.9 Å². The number of alkyl halides is 3. The summed E-state index contributed by atoms with van der Waals surface area (Å²) in [6, 6.07) is 8.82. The van der Waals surface area contributed by atoms with Gasteiger partial charge in [-0.15, -0.1) is 0 Å². The number of halogens is 4. The minimum Gasteiger partial charge on any atom is -0.362 e. The van der Waals surface area contributed by atoms with Crippen LogP contribution in [0.25, 0.3) is 0 Å². The molecule has 1 atom stereocenters. The van der Waals surface area contributed by atoms with Crippen molar-refractivity contribution in [3.63, 3.8) is 0 Å². The number of benzene rings is 2. The average Bonchev–Trinajstić information content (AvgIpc) is 2.61. The number of carbonyl (C=O) groups excluding carboxylic acids is 1. The van der Waals surface area contributed by atoms with Crippen LogP contribution in [0.15, 0.2) is 42.5 Å². The van der Waals surface area contributed by atoms with E-state index in [1.807, 2.05) is 0 Å². The Morgan fingerprint density at radius 3 is 2.11 bits per heavy atom. The maximum atomic E-state index is 12.5. The van der Waals surface area contributed by atoms with E-state index in [-0.39, 0.29) is 0 Å². The lowest BCUT2D eigenvalue weighted by atomic mass is 10.1. The molecule has 148 valence electrons. The molecule has 0 saturated carbocycles. The molecular formula is C15H10Cl4N4O5. The molecule has 0 aliphatic rings. The molecule has 2 aromatic carbocycles. The van der Waals surface area contributed by atoms with E-state index in [0.29, 0.717) is 16.8 Å². The van der Waals surface area contributed by atoms with Crippen LogP contribution in [0.4, 0.5) is 17.1 Å². The van der Waals surface area contributed by atoms with Gasteiger partial charge >= 0.3 is 0 Å². The Bertz CT molecular complexity index is 918. The summed E-state index contributed by atoms with van der Waals surface area (Å²) in [5, 5.41) is 27.6. The van der Waals surface area contributed by atoms with Gasteiger partial charge in [-0.1, -0.05) is 46.4 Å². The molecule has 2 N–H and O–H groups in total. The number of anilines is 1. The van der Waals surface area contributed by atoms with Crippen molar-refractivity contribution in [2.45, 2.75) is 9.96 Å². The zero-order chi connectivity index (χ0) is 21.1. The summed E-state index contributed by atoms with van der Waals surface area (Å²) in [5.74, 6) is -0.973. The molecule has 0 fully saturated rings. The van der Waals surface area contributed by atoms with Crippen LogP contribution in [-0.4, -0.2) is 25.7 Å². The summed E-state index contributed by atoms with van der Waals surface area (Å²) in [6.07, 6.45) is -1.29. The van der Waals surface area contributed by atoms with Gasteiger partial charge in [0.25, 0.3) is 17.3 Å². The van der Waals surface area contributed by atoms with Gasteiger partial charge in [0.15, 0.2) is 0 Å². The number of nitro benzene ring substituents is 2. The van der Waals surface area contributed by atoms with Crippen molar-refractivity contribution in [1.29, 1.82) is 0 Å². The van der Waals surface area contributed by atoms with Crippen LogP contribution in [0.1, 0.15) is 10.4 Å². The van der Waals surface area contributed by atoms with Gasteiger partial charge in [-0.05, 0) is 30.3 Å². The summed E-state index contributed by atoms with van der Waals surface area (Å²) in [5.41, 5.74) is -1.30. The van der Waals surface area contributed by atoms with Gasteiger partial charge in [-0.3, -0.25) is 25.0 Å². The zero-order valence-corrected chi connectivity index (χ0v) is 16.6. The number of amides is 1. The van der Waals surface area contributed by atoms with E-state index < -0.39 is 42.7 Å². The normalized spacial score (nSPS) is 12.1. The van der Waals surface area contributed by atoms with Crippen LogP contribution in [0.5, 0.6) is 0 Å². The summed E-state index contributed by atoms with van der Waals surface area (Å²) in [7, 11) is 0. The summed E-state index contributed by atoms with van der Waals surface area (Å²) < 4.78 is -2.04. The number of rotatable bonds is 6. The Morgan fingerprint density at radius 2 is 1.61 bits per heavy atom. The smallest absolute Gasteiger partial charge is 0.289 e. The number of hydrogen-bond donors (Lipinski definition) is 2. The molecule has 2 aromatic rings. The number of hydrogen-bond acceptors (Lipinski definition) is 6. The Morgan fingerprint density at radius 1 is 1.00 bits per heavy atom. The molecule has 0 aliphatic heterocycles. The lowest BCUT2D eigenvalue weighted by Gasteiger charge is -2.27. The first-order valence-electron chi connectivity index (χ1n) is 7.31. The second-order valence-electron chi connectivity index (χ2n) is 5.31. The van der Waals surface area contributed by atoms with Crippen molar-refractivity contribution < 1.29 is 14.6 Å². The number of nitrogens with zero attached hydrogens (tertiary/aromatic N) is 2. The molecule has 0 radical (unpaired) electrons. The highest BCUT2D eigenvalue weighted by Crippen LogP contribution is 2.32.